The maximum atomic E-state index is 12.1. The van der Waals surface area contributed by atoms with Crippen molar-refractivity contribution in [3.05, 3.63) is 47.3 Å². The monoisotopic (exact) mass is 335 g/mol. The van der Waals surface area contributed by atoms with Gasteiger partial charge >= 0.3 is 6.03 Å². The van der Waals surface area contributed by atoms with Gasteiger partial charge in [0.15, 0.2) is 5.76 Å². The molecule has 124 valence electrons. The number of benzene rings is 1. The predicted molar refractivity (Wildman–Crippen MR) is 90.9 cm³/mol. The van der Waals surface area contributed by atoms with Crippen LogP contribution in [0.4, 0.5) is 10.5 Å². The first-order chi connectivity index (χ1) is 11.0. The quantitative estimate of drug-likeness (QED) is 0.879. The van der Waals surface area contributed by atoms with E-state index in [4.69, 9.17) is 4.52 Å². The summed E-state index contributed by atoms with van der Waals surface area (Å²) >= 11 is 0. The number of hydrogen-bond acceptors (Lipinski definition) is 4. The number of rotatable bonds is 6. The summed E-state index contributed by atoms with van der Waals surface area (Å²) in [4.78, 5) is 13.6. The van der Waals surface area contributed by atoms with Crippen LogP contribution in [-0.4, -0.2) is 34.7 Å². The van der Waals surface area contributed by atoms with E-state index in [2.05, 4.69) is 10.5 Å². The largest absolute Gasteiger partial charge is 0.359 e. The van der Waals surface area contributed by atoms with Crippen molar-refractivity contribution in [2.75, 3.05) is 24.2 Å². The maximum Gasteiger partial charge on any atom is 0.321 e. The third kappa shape index (κ3) is 4.66. The smallest absolute Gasteiger partial charge is 0.321 e. The van der Waals surface area contributed by atoms with E-state index in [1.165, 1.54) is 4.90 Å². The van der Waals surface area contributed by atoms with Gasteiger partial charge in [-0.1, -0.05) is 35.5 Å². The third-order valence-corrected chi connectivity index (χ3v) is 4.73. The number of nitrogens with one attached hydrogen (secondary N) is 1. The molecule has 0 aliphatic carbocycles. The Labute approximate surface area is 138 Å². The van der Waals surface area contributed by atoms with Crippen molar-refractivity contribution in [3.8, 4) is 0 Å². The van der Waals surface area contributed by atoms with Crippen molar-refractivity contribution in [1.29, 1.82) is 0 Å². The van der Waals surface area contributed by atoms with Crippen LogP contribution >= 0.6 is 0 Å². The summed E-state index contributed by atoms with van der Waals surface area (Å²) in [5.41, 5.74) is 2.35. The Kier molecular flexibility index (Phi) is 5.92. The molecule has 1 N–H and O–H groups in total. The predicted octanol–water partition coefficient (Wildman–Crippen LogP) is 2.39. The Morgan fingerprint density at radius 1 is 1.30 bits per heavy atom. The number of aryl methyl sites for hydroxylation is 2. The summed E-state index contributed by atoms with van der Waals surface area (Å²) in [6.07, 6.45) is 0. The van der Waals surface area contributed by atoms with Crippen molar-refractivity contribution in [2.45, 2.75) is 19.6 Å². The Balaban J connectivity index is 1.79. The van der Waals surface area contributed by atoms with E-state index in [0.717, 1.165) is 5.56 Å². The lowest BCUT2D eigenvalue weighted by atomic mass is 10.2. The van der Waals surface area contributed by atoms with Crippen LogP contribution in [-0.2, 0) is 16.6 Å². The third-order valence-electron chi connectivity index (χ3n) is 3.41. The van der Waals surface area contributed by atoms with Crippen LogP contribution in [0.15, 0.2) is 34.9 Å². The van der Waals surface area contributed by atoms with E-state index in [9.17, 15) is 9.00 Å². The molecule has 1 aromatic carbocycles. The van der Waals surface area contributed by atoms with Gasteiger partial charge in [-0.05, 0) is 19.4 Å². The molecule has 2 amide bonds. The van der Waals surface area contributed by atoms with Gasteiger partial charge in [0.1, 0.15) is 11.4 Å². The Bertz CT molecular complexity index is 666. The highest BCUT2D eigenvalue weighted by molar-refractivity contribution is 7.84. The standard InChI is InChI=1S/C16H21N3O3S/c1-12-15(13(2)22-18-12)19(3)16(20)17-9-10-23(21)11-14-7-5-4-6-8-14/h4-8H,9-11H2,1-3H3,(H,17,20)/t23-/m0/s1. The number of aromatic nitrogens is 1. The molecule has 1 heterocycles. The van der Waals surface area contributed by atoms with E-state index in [1.807, 2.05) is 30.3 Å². The summed E-state index contributed by atoms with van der Waals surface area (Å²) in [6, 6.07) is 9.40. The van der Waals surface area contributed by atoms with Crippen LogP contribution in [0.2, 0.25) is 0 Å². The van der Waals surface area contributed by atoms with Gasteiger partial charge in [-0.15, -0.1) is 0 Å². The lowest BCUT2D eigenvalue weighted by molar-refractivity contribution is 0.248. The zero-order valence-electron chi connectivity index (χ0n) is 13.5. The molecule has 0 radical (unpaired) electrons. The number of amides is 2. The highest BCUT2D eigenvalue weighted by atomic mass is 32.2. The normalized spacial score (nSPS) is 12.0. The van der Waals surface area contributed by atoms with Crippen LogP contribution in [0, 0.1) is 13.8 Å². The zero-order chi connectivity index (χ0) is 16.8. The number of carbonyl (C=O) groups excluding carboxylic acids is 1. The molecule has 0 saturated carbocycles. The second kappa shape index (κ2) is 7.92. The number of urea groups is 1. The lowest BCUT2D eigenvalue weighted by Gasteiger charge is -2.17. The van der Waals surface area contributed by atoms with E-state index < -0.39 is 10.8 Å². The fourth-order valence-electron chi connectivity index (χ4n) is 2.28. The van der Waals surface area contributed by atoms with Gasteiger partial charge in [0.25, 0.3) is 0 Å². The van der Waals surface area contributed by atoms with Crippen LogP contribution in [0.1, 0.15) is 17.0 Å². The Morgan fingerprint density at radius 3 is 2.61 bits per heavy atom. The van der Waals surface area contributed by atoms with Gasteiger partial charge in [-0.25, -0.2) is 4.79 Å². The Hall–Kier alpha value is -2.15. The van der Waals surface area contributed by atoms with Gasteiger partial charge in [-0.2, -0.15) is 0 Å². The first-order valence-electron chi connectivity index (χ1n) is 7.32. The van der Waals surface area contributed by atoms with Crippen molar-refractivity contribution in [2.24, 2.45) is 0 Å². The molecule has 0 spiro atoms. The summed E-state index contributed by atoms with van der Waals surface area (Å²) in [7, 11) is 0.645. The molecule has 7 heteroatoms. The average molecular weight is 335 g/mol. The Morgan fingerprint density at radius 2 is 2.00 bits per heavy atom. The minimum atomic E-state index is -1.01. The molecule has 0 saturated heterocycles. The zero-order valence-corrected chi connectivity index (χ0v) is 14.4. The lowest BCUT2D eigenvalue weighted by Crippen LogP contribution is -2.39. The fourth-order valence-corrected chi connectivity index (χ4v) is 3.32. The second-order valence-electron chi connectivity index (χ2n) is 5.24. The molecule has 1 atom stereocenters. The van der Waals surface area contributed by atoms with E-state index >= 15 is 0 Å². The van der Waals surface area contributed by atoms with Crippen molar-refractivity contribution in [3.63, 3.8) is 0 Å². The topological polar surface area (TPSA) is 75.4 Å². The highest BCUT2D eigenvalue weighted by Crippen LogP contribution is 2.22. The van der Waals surface area contributed by atoms with Crippen LogP contribution in [0.5, 0.6) is 0 Å². The van der Waals surface area contributed by atoms with E-state index in [-0.39, 0.29) is 6.03 Å². The van der Waals surface area contributed by atoms with Gasteiger partial charge in [-0.3, -0.25) is 9.11 Å². The molecule has 1 aromatic heterocycles. The number of anilines is 1. The molecule has 6 nitrogen and oxygen atoms in total. The number of hydrogen-bond donors (Lipinski definition) is 1. The fraction of sp³-hybridized carbons (Fsp3) is 0.375. The molecule has 0 bridgehead atoms. The molecule has 2 aromatic rings. The maximum absolute atomic E-state index is 12.1. The van der Waals surface area contributed by atoms with Crippen LogP contribution in [0.25, 0.3) is 0 Å². The number of nitrogens with zero attached hydrogens (tertiary/aromatic N) is 2. The molecular weight excluding hydrogens is 314 g/mol. The molecule has 0 aliphatic rings. The van der Waals surface area contributed by atoms with Gasteiger partial charge < -0.3 is 9.84 Å². The summed E-state index contributed by atoms with van der Waals surface area (Å²) in [5.74, 6) is 1.50. The summed E-state index contributed by atoms with van der Waals surface area (Å²) < 4.78 is 17.1. The molecule has 0 aliphatic heterocycles. The minimum absolute atomic E-state index is 0.267. The van der Waals surface area contributed by atoms with Crippen molar-refractivity contribution >= 4 is 22.5 Å². The molecule has 0 unspecified atom stereocenters. The van der Waals surface area contributed by atoms with Gasteiger partial charge in [0, 0.05) is 35.9 Å². The number of carbonyl (C=O) groups is 1. The first kappa shape index (κ1) is 17.2. The van der Waals surface area contributed by atoms with Gasteiger partial charge in [0.05, 0.1) is 0 Å². The average Bonchev–Trinajstić information content (AvgIpc) is 2.86. The van der Waals surface area contributed by atoms with Crippen molar-refractivity contribution in [1.82, 2.24) is 10.5 Å². The second-order valence-corrected chi connectivity index (χ2v) is 6.81. The minimum Gasteiger partial charge on any atom is -0.359 e. The SMILES string of the molecule is Cc1noc(C)c1N(C)C(=O)NCC[S@](=O)Cc1ccccc1. The highest BCUT2D eigenvalue weighted by Gasteiger charge is 2.19. The van der Waals surface area contributed by atoms with Crippen LogP contribution < -0.4 is 10.2 Å². The van der Waals surface area contributed by atoms with E-state index in [0.29, 0.717) is 35.2 Å². The van der Waals surface area contributed by atoms with Crippen LogP contribution in [0.3, 0.4) is 0 Å². The molecule has 23 heavy (non-hydrogen) atoms. The van der Waals surface area contributed by atoms with Crippen molar-refractivity contribution < 1.29 is 13.5 Å². The molecule has 0 fully saturated rings. The van der Waals surface area contributed by atoms with Gasteiger partial charge in [0.2, 0.25) is 0 Å². The molecular formula is C16H21N3O3S. The summed E-state index contributed by atoms with van der Waals surface area (Å²) in [6.45, 7) is 3.89. The molecule has 2 rings (SSSR count). The summed E-state index contributed by atoms with van der Waals surface area (Å²) in [5, 5.41) is 6.60. The van der Waals surface area contributed by atoms with E-state index in [1.54, 1.807) is 20.9 Å². The first-order valence-corrected chi connectivity index (χ1v) is 8.81.